The molecular formula is C26H25NO5. The molecule has 2 aromatic carbocycles. The van der Waals surface area contributed by atoms with Crippen LogP contribution in [-0.4, -0.2) is 42.6 Å². The molecule has 1 N–H and O–H groups in total. The second-order valence-corrected chi connectivity index (χ2v) is 7.38. The van der Waals surface area contributed by atoms with Crippen LogP contribution in [0.5, 0.6) is 17.4 Å². The molecule has 32 heavy (non-hydrogen) atoms. The number of ether oxygens (including phenoxy) is 4. The Kier molecular flexibility index (Phi) is 7.23. The van der Waals surface area contributed by atoms with E-state index >= 15 is 0 Å². The van der Waals surface area contributed by atoms with Crippen LogP contribution in [0.1, 0.15) is 22.4 Å². The zero-order chi connectivity index (χ0) is 22.2. The number of pyridine rings is 1. The van der Waals surface area contributed by atoms with Crippen molar-refractivity contribution in [3.8, 4) is 29.2 Å². The van der Waals surface area contributed by atoms with Gasteiger partial charge in [0.05, 0.1) is 19.8 Å². The summed E-state index contributed by atoms with van der Waals surface area (Å²) in [6.07, 6.45) is -0.132. The molecular weight excluding hydrogens is 406 g/mol. The number of aromatic hydroxyl groups is 1. The molecule has 4 rings (SSSR count). The highest BCUT2D eigenvalue weighted by atomic mass is 16.6. The summed E-state index contributed by atoms with van der Waals surface area (Å²) in [5.41, 5.74) is 3.24. The summed E-state index contributed by atoms with van der Waals surface area (Å²) in [6.45, 7) is 4.35. The zero-order valence-corrected chi connectivity index (χ0v) is 17.9. The maximum Gasteiger partial charge on any atom is 0.218 e. The molecule has 6 nitrogen and oxygen atoms in total. The van der Waals surface area contributed by atoms with Crippen molar-refractivity contribution in [3.05, 3.63) is 83.0 Å². The molecule has 1 aliphatic heterocycles. The molecule has 1 saturated heterocycles. The summed E-state index contributed by atoms with van der Waals surface area (Å²) in [5.74, 6) is 7.47. The van der Waals surface area contributed by atoms with Crippen LogP contribution < -0.4 is 9.47 Å². The molecule has 1 atom stereocenters. The van der Waals surface area contributed by atoms with E-state index in [4.69, 9.17) is 18.9 Å². The van der Waals surface area contributed by atoms with Crippen LogP contribution in [0.25, 0.3) is 0 Å². The van der Waals surface area contributed by atoms with Crippen molar-refractivity contribution in [2.24, 2.45) is 0 Å². The second-order valence-electron chi connectivity index (χ2n) is 7.38. The first-order valence-electron chi connectivity index (χ1n) is 10.5. The van der Waals surface area contributed by atoms with Gasteiger partial charge in [0.15, 0.2) is 0 Å². The summed E-state index contributed by atoms with van der Waals surface area (Å²) in [5, 5.41) is 9.47. The van der Waals surface area contributed by atoms with Gasteiger partial charge in [0, 0.05) is 17.2 Å². The number of rotatable bonds is 6. The van der Waals surface area contributed by atoms with E-state index in [2.05, 4.69) is 16.8 Å². The van der Waals surface area contributed by atoms with Gasteiger partial charge < -0.3 is 24.1 Å². The van der Waals surface area contributed by atoms with E-state index in [9.17, 15) is 5.11 Å². The molecule has 0 amide bonds. The van der Waals surface area contributed by atoms with Crippen LogP contribution in [0.15, 0.2) is 60.7 Å². The fraction of sp³-hybridized carbons (Fsp3) is 0.269. The van der Waals surface area contributed by atoms with Gasteiger partial charge in [0.2, 0.25) is 5.88 Å². The highest BCUT2D eigenvalue weighted by molar-refractivity contribution is 5.50. The minimum absolute atomic E-state index is 0.132. The highest BCUT2D eigenvalue weighted by Crippen LogP contribution is 2.26. The van der Waals surface area contributed by atoms with E-state index in [0.29, 0.717) is 50.4 Å². The van der Waals surface area contributed by atoms with Crippen LogP contribution in [0, 0.1) is 18.8 Å². The minimum Gasteiger partial charge on any atom is -0.508 e. The molecule has 2 heterocycles. The van der Waals surface area contributed by atoms with E-state index in [1.54, 1.807) is 30.3 Å². The summed E-state index contributed by atoms with van der Waals surface area (Å²) >= 11 is 0. The number of hydrogen-bond donors (Lipinski definition) is 1. The predicted octanol–water partition coefficient (Wildman–Crippen LogP) is 3.87. The molecule has 164 valence electrons. The maximum absolute atomic E-state index is 9.47. The van der Waals surface area contributed by atoms with Gasteiger partial charge in [-0.2, -0.15) is 0 Å². The number of nitrogens with zero attached hydrogens (tertiary/aromatic N) is 1. The quantitative estimate of drug-likeness (QED) is 0.598. The second kappa shape index (κ2) is 10.7. The Labute approximate surface area is 187 Å². The van der Waals surface area contributed by atoms with Crippen molar-refractivity contribution in [1.29, 1.82) is 0 Å². The highest BCUT2D eigenvalue weighted by Gasteiger charge is 2.17. The monoisotopic (exact) mass is 431 g/mol. The molecule has 1 aliphatic rings. The fourth-order valence-corrected chi connectivity index (χ4v) is 3.13. The first kappa shape index (κ1) is 21.7. The Morgan fingerprint density at radius 1 is 1.03 bits per heavy atom. The zero-order valence-electron chi connectivity index (χ0n) is 17.9. The van der Waals surface area contributed by atoms with Gasteiger partial charge in [-0.25, -0.2) is 4.98 Å². The molecule has 1 unspecified atom stereocenters. The van der Waals surface area contributed by atoms with Crippen molar-refractivity contribution in [3.63, 3.8) is 0 Å². The first-order chi connectivity index (χ1) is 15.7. The lowest BCUT2D eigenvalue weighted by atomic mass is 10.1. The van der Waals surface area contributed by atoms with Crippen LogP contribution in [0.2, 0.25) is 0 Å². The molecule has 3 aromatic rings. The average molecular weight is 431 g/mol. The molecule has 0 bridgehead atoms. The third kappa shape index (κ3) is 6.01. The van der Waals surface area contributed by atoms with Gasteiger partial charge in [-0.15, -0.1) is 0 Å². The average Bonchev–Trinajstić information content (AvgIpc) is 2.84. The smallest absolute Gasteiger partial charge is 0.218 e. The predicted molar refractivity (Wildman–Crippen MR) is 120 cm³/mol. The van der Waals surface area contributed by atoms with Gasteiger partial charge in [0.1, 0.15) is 36.5 Å². The number of aromatic nitrogens is 1. The Morgan fingerprint density at radius 2 is 1.84 bits per heavy atom. The van der Waals surface area contributed by atoms with Crippen molar-refractivity contribution in [2.45, 2.75) is 19.6 Å². The lowest BCUT2D eigenvalue weighted by Crippen LogP contribution is -2.33. The Bertz CT molecular complexity index is 1080. The van der Waals surface area contributed by atoms with E-state index in [-0.39, 0.29) is 11.9 Å². The lowest BCUT2D eigenvalue weighted by molar-refractivity contribution is -0.102. The van der Waals surface area contributed by atoms with Gasteiger partial charge in [-0.3, -0.25) is 0 Å². The maximum atomic E-state index is 9.47. The van der Waals surface area contributed by atoms with E-state index in [1.165, 1.54) is 0 Å². The van der Waals surface area contributed by atoms with Crippen LogP contribution in [0.4, 0.5) is 0 Å². The van der Waals surface area contributed by atoms with E-state index in [0.717, 1.165) is 16.7 Å². The summed E-state index contributed by atoms with van der Waals surface area (Å²) < 4.78 is 23.1. The Morgan fingerprint density at radius 3 is 2.59 bits per heavy atom. The topological polar surface area (TPSA) is 70.0 Å². The molecule has 1 fully saturated rings. The van der Waals surface area contributed by atoms with Crippen LogP contribution in [-0.2, 0) is 16.1 Å². The van der Waals surface area contributed by atoms with Gasteiger partial charge >= 0.3 is 0 Å². The molecule has 0 radical (unpaired) electrons. The summed E-state index contributed by atoms with van der Waals surface area (Å²) in [4.78, 5) is 4.58. The summed E-state index contributed by atoms with van der Waals surface area (Å²) in [7, 11) is 0. The van der Waals surface area contributed by atoms with Gasteiger partial charge in [-0.1, -0.05) is 36.3 Å². The summed E-state index contributed by atoms with van der Waals surface area (Å²) in [6, 6.07) is 18.5. The number of benzene rings is 2. The minimum atomic E-state index is -0.132. The molecule has 6 heteroatoms. The third-order valence-corrected chi connectivity index (χ3v) is 4.93. The molecule has 0 saturated carbocycles. The van der Waals surface area contributed by atoms with Crippen molar-refractivity contribution in [2.75, 3.05) is 26.4 Å². The van der Waals surface area contributed by atoms with Crippen molar-refractivity contribution >= 4 is 0 Å². The van der Waals surface area contributed by atoms with Crippen LogP contribution in [0.3, 0.4) is 0 Å². The standard InChI is InChI=1S/C26H25NO5/c1-19-24(12-9-20-7-10-22(28)11-8-20)27-26(32-18-23-17-29-13-14-30-23)15-25(19)31-16-21-5-3-2-4-6-21/h2-8,10-11,15,23,28H,13-14,16-18H2,1H3. The van der Waals surface area contributed by atoms with Gasteiger partial charge in [-0.05, 0) is 42.7 Å². The van der Waals surface area contributed by atoms with E-state index in [1.807, 2.05) is 37.3 Å². The largest absolute Gasteiger partial charge is 0.508 e. The lowest BCUT2D eigenvalue weighted by Gasteiger charge is -2.23. The SMILES string of the molecule is Cc1c(OCc2ccccc2)cc(OCC2COCCO2)nc1C#Cc1ccc(O)cc1. The van der Waals surface area contributed by atoms with Crippen molar-refractivity contribution < 1.29 is 24.1 Å². The Hall–Kier alpha value is -3.53. The third-order valence-electron chi connectivity index (χ3n) is 4.93. The normalized spacial score (nSPS) is 15.5. The van der Waals surface area contributed by atoms with Crippen LogP contribution >= 0.6 is 0 Å². The van der Waals surface area contributed by atoms with Crippen molar-refractivity contribution in [1.82, 2.24) is 4.98 Å². The fourth-order valence-electron chi connectivity index (χ4n) is 3.13. The Balaban J connectivity index is 1.57. The first-order valence-corrected chi connectivity index (χ1v) is 10.5. The molecule has 0 spiro atoms. The van der Waals surface area contributed by atoms with Gasteiger partial charge in [0.25, 0.3) is 0 Å². The number of hydrogen-bond acceptors (Lipinski definition) is 6. The van der Waals surface area contributed by atoms with E-state index < -0.39 is 0 Å². The number of phenols is 1. The number of phenolic OH excluding ortho intramolecular Hbond substituents is 1. The molecule has 1 aromatic heterocycles. The molecule has 0 aliphatic carbocycles.